The Morgan fingerprint density at radius 1 is 1.37 bits per heavy atom. The van der Waals surface area contributed by atoms with Crippen molar-refractivity contribution in [1.82, 2.24) is 15.1 Å². The second kappa shape index (κ2) is 4.87. The van der Waals surface area contributed by atoms with Gasteiger partial charge in [-0.05, 0) is 12.1 Å². The van der Waals surface area contributed by atoms with Crippen LogP contribution in [0.3, 0.4) is 0 Å². The van der Waals surface area contributed by atoms with Crippen molar-refractivity contribution in [3.05, 3.63) is 35.6 Å². The lowest BCUT2D eigenvalue weighted by atomic mass is 10.2. The van der Waals surface area contributed by atoms with E-state index in [1.54, 1.807) is 14.0 Å². The Morgan fingerprint density at radius 3 is 2.68 bits per heavy atom. The lowest BCUT2D eigenvalue weighted by molar-refractivity contribution is -0.137. The van der Waals surface area contributed by atoms with E-state index in [1.807, 2.05) is 0 Å². The monoisotopic (exact) mass is 272 g/mol. The molecule has 0 atom stereocenters. The van der Waals surface area contributed by atoms with Gasteiger partial charge in [0, 0.05) is 20.2 Å². The first-order valence-corrected chi connectivity index (χ1v) is 5.40. The summed E-state index contributed by atoms with van der Waals surface area (Å²) in [4.78, 5) is 9.39. The van der Waals surface area contributed by atoms with Crippen molar-refractivity contribution in [3.8, 4) is 0 Å². The van der Waals surface area contributed by atoms with Crippen LogP contribution in [0.15, 0.2) is 22.9 Å². The van der Waals surface area contributed by atoms with Crippen molar-refractivity contribution in [2.75, 3.05) is 11.9 Å². The van der Waals surface area contributed by atoms with Crippen molar-refractivity contribution in [2.24, 2.45) is 0 Å². The topological polar surface area (TPSA) is 55.1 Å². The molecule has 0 radical (unpaired) electrons. The van der Waals surface area contributed by atoms with Crippen LogP contribution in [-0.4, -0.2) is 22.2 Å². The van der Waals surface area contributed by atoms with Crippen molar-refractivity contribution >= 4 is 5.82 Å². The zero-order chi connectivity index (χ0) is 14.0. The average Bonchev–Trinajstić information content (AvgIpc) is 2.74. The molecule has 0 saturated heterocycles. The van der Waals surface area contributed by atoms with Gasteiger partial charge < -0.3 is 9.42 Å². The minimum Gasteiger partial charge on any atom is -0.352 e. The number of nitrogens with zero attached hydrogens (tertiary/aromatic N) is 4. The molecule has 0 aromatic carbocycles. The Bertz CT molecular complexity index is 567. The zero-order valence-electron chi connectivity index (χ0n) is 10.3. The van der Waals surface area contributed by atoms with Crippen LogP contribution in [0.2, 0.25) is 0 Å². The van der Waals surface area contributed by atoms with E-state index in [0.29, 0.717) is 11.7 Å². The summed E-state index contributed by atoms with van der Waals surface area (Å²) in [6.07, 6.45) is -3.27. The van der Waals surface area contributed by atoms with Crippen LogP contribution in [0.25, 0.3) is 0 Å². The molecule has 0 spiro atoms. The van der Waals surface area contributed by atoms with Gasteiger partial charge in [0.15, 0.2) is 5.82 Å². The second-order valence-electron chi connectivity index (χ2n) is 3.99. The third-order valence-corrected chi connectivity index (χ3v) is 2.41. The number of pyridine rings is 1. The minimum absolute atomic E-state index is 0.192. The Labute approximate surface area is 107 Å². The number of aromatic nitrogens is 3. The predicted octanol–water partition coefficient (Wildman–Crippen LogP) is 2.43. The number of rotatable bonds is 3. The van der Waals surface area contributed by atoms with Gasteiger partial charge in [-0.15, -0.1) is 0 Å². The minimum atomic E-state index is -4.39. The fourth-order valence-electron chi connectivity index (χ4n) is 1.50. The molecular weight excluding hydrogens is 261 g/mol. The van der Waals surface area contributed by atoms with Crippen molar-refractivity contribution in [1.29, 1.82) is 0 Å². The fourth-order valence-corrected chi connectivity index (χ4v) is 1.50. The molecule has 2 heterocycles. The first-order valence-electron chi connectivity index (χ1n) is 5.40. The maximum Gasteiger partial charge on any atom is 0.416 e. The highest BCUT2D eigenvalue weighted by molar-refractivity contribution is 5.41. The van der Waals surface area contributed by atoms with Crippen LogP contribution >= 0.6 is 0 Å². The first kappa shape index (κ1) is 13.3. The summed E-state index contributed by atoms with van der Waals surface area (Å²) in [5.74, 6) is 0.983. The number of aryl methyl sites for hydroxylation is 1. The number of alkyl halides is 3. The van der Waals surface area contributed by atoms with Crippen molar-refractivity contribution in [2.45, 2.75) is 19.6 Å². The molecule has 0 aliphatic carbocycles. The first-order chi connectivity index (χ1) is 8.86. The standard InChI is InChI=1S/C11H11F3N4O/c1-7-16-9(17-19-7)6-18(2)10-5-8(3-4-15-10)11(12,13)14/h3-5H,6H2,1-2H3. The van der Waals surface area contributed by atoms with Crippen LogP contribution in [0.1, 0.15) is 17.3 Å². The summed E-state index contributed by atoms with van der Waals surface area (Å²) >= 11 is 0. The van der Waals surface area contributed by atoms with E-state index in [2.05, 4.69) is 15.1 Å². The van der Waals surface area contributed by atoms with Gasteiger partial charge in [-0.1, -0.05) is 5.16 Å². The average molecular weight is 272 g/mol. The molecule has 0 aliphatic rings. The number of hydrogen-bond donors (Lipinski definition) is 0. The van der Waals surface area contributed by atoms with E-state index in [-0.39, 0.29) is 12.4 Å². The third-order valence-electron chi connectivity index (χ3n) is 2.41. The Balaban J connectivity index is 2.17. The Morgan fingerprint density at radius 2 is 2.11 bits per heavy atom. The van der Waals surface area contributed by atoms with Crippen LogP contribution in [0, 0.1) is 6.92 Å². The Kier molecular flexibility index (Phi) is 3.41. The van der Waals surface area contributed by atoms with Gasteiger partial charge in [-0.2, -0.15) is 18.2 Å². The molecule has 2 aromatic rings. The molecule has 5 nitrogen and oxygen atoms in total. The van der Waals surface area contributed by atoms with Crippen LogP contribution in [0.5, 0.6) is 0 Å². The molecule has 19 heavy (non-hydrogen) atoms. The SMILES string of the molecule is Cc1nc(CN(C)c2cc(C(F)(F)F)ccn2)no1. The molecule has 0 unspecified atom stereocenters. The van der Waals surface area contributed by atoms with Gasteiger partial charge in [-0.25, -0.2) is 4.98 Å². The highest BCUT2D eigenvalue weighted by Crippen LogP contribution is 2.30. The van der Waals surface area contributed by atoms with Gasteiger partial charge in [-0.3, -0.25) is 0 Å². The Hall–Kier alpha value is -2.12. The zero-order valence-corrected chi connectivity index (χ0v) is 10.3. The third kappa shape index (κ3) is 3.21. The largest absolute Gasteiger partial charge is 0.416 e. The van der Waals surface area contributed by atoms with Crippen molar-refractivity contribution < 1.29 is 17.7 Å². The molecule has 102 valence electrons. The molecule has 2 aromatic heterocycles. The van der Waals surface area contributed by atoms with E-state index in [4.69, 9.17) is 4.52 Å². The molecule has 0 amide bonds. The number of hydrogen-bond acceptors (Lipinski definition) is 5. The maximum atomic E-state index is 12.6. The summed E-state index contributed by atoms with van der Waals surface area (Å²) in [7, 11) is 1.61. The second-order valence-corrected chi connectivity index (χ2v) is 3.99. The molecule has 8 heteroatoms. The fraction of sp³-hybridized carbons (Fsp3) is 0.364. The normalized spacial score (nSPS) is 11.6. The van der Waals surface area contributed by atoms with Crippen LogP contribution in [-0.2, 0) is 12.7 Å². The summed E-state index contributed by atoms with van der Waals surface area (Å²) in [5.41, 5.74) is -0.742. The summed E-state index contributed by atoms with van der Waals surface area (Å²) in [6, 6.07) is 1.91. The summed E-state index contributed by atoms with van der Waals surface area (Å²) in [6.45, 7) is 1.85. The van der Waals surface area contributed by atoms with Crippen LogP contribution < -0.4 is 4.90 Å². The van der Waals surface area contributed by atoms with Gasteiger partial charge in [0.25, 0.3) is 0 Å². The molecule has 2 rings (SSSR count). The van der Waals surface area contributed by atoms with Gasteiger partial charge in [0.05, 0.1) is 12.1 Å². The highest BCUT2D eigenvalue weighted by atomic mass is 19.4. The van der Waals surface area contributed by atoms with Crippen LogP contribution in [0.4, 0.5) is 19.0 Å². The van der Waals surface area contributed by atoms with E-state index in [9.17, 15) is 13.2 Å². The summed E-state index contributed by atoms with van der Waals surface area (Å²) < 4.78 is 42.5. The smallest absolute Gasteiger partial charge is 0.352 e. The lowest BCUT2D eigenvalue weighted by Crippen LogP contribution is -2.19. The number of anilines is 1. The van der Waals surface area contributed by atoms with E-state index < -0.39 is 11.7 Å². The van der Waals surface area contributed by atoms with Gasteiger partial charge in [0.1, 0.15) is 5.82 Å². The van der Waals surface area contributed by atoms with E-state index in [1.165, 1.54) is 4.90 Å². The molecular formula is C11H11F3N4O. The molecule has 0 saturated carbocycles. The van der Waals surface area contributed by atoms with Crippen molar-refractivity contribution in [3.63, 3.8) is 0 Å². The molecule has 0 aliphatic heterocycles. The molecule has 0 bridgehead atoms. The quantitative estimate of drug-likeness (QED) is 0.858. The van der Waals surface area contributed by atoms with E-state index >= 15 is 0 Å². The summed E-state index contributed by atoms with van der Waals surface area (Å²) in [5, 5.41) is 3.67. The molecule has 0 N–H and O–H groups in total. The van der Waals surface area contributed by atoms with Gasteiger partial charge >= 0.3 is 6.18 Å². The molecule has 0 fully saturated rings. The predicted molar refractivity (Wildman–Crippen MR) is 60.4 cm³/mol. The lowest BCUT2D eigenvalue weighted by Gasteiger charge is -2.17. The number of halogens is 3. The van der Waals surface area contributed by atoms with E-state index in [0.717, 1.165) is 18.3 Å². The maximum absolute atomic E-state index is 12.6. The highest BCUT2D eigenvalue weighted by Gasteiger charge is 2.31. The van der Waals surface area contributed by atoms with Gasteiger partial charge in [0.2, 0.25) is 5.89 Å².